The lowest BCUT2D eigenvalue weighted by atomic mass is 9.94. The van der Waals surface area contributed by atoms with Gasteiger partial charge in [0.1, 0.15) is 11.3 Å². The van der Waals surface area contributed by atoms with Crippen molar-refractivity contribution in [2.24, 2.45) is 0 Å². The summed E-state index contributed by atoms with van der Waals surface area (Å²) in [6, 6.07) is 16.4. The van der Waals surface area contributed by atoms with Gasteiger partial charge in [0.2, 0.25) is 5.91 Å². The third kappa shape index (κ3) is 4.88. The summed E-state index contributed by atoms with van der Waals surface area (Å²) in [5.74, 6) is 0.586. The first-order valence-corrected chi connectivity index (χ1v) is 12.2. The lowest BCUT2D eigenvalue weighted by Crippen LogP contribution is -2.10. The second-order valence-electron chi connectivity index (χ2n) is 8.98. The minimum Gasteiger partial charge on any atom is -0.493 e. The van der Waals surface area contributed by atoms with E-state index in [0.29, 0.717) is 6.61 Å². The Morgan fingerprint density at radius 3 is 2.51 bits per heavy atom. The van der Waals surface area contributed by atoms with Gasteiger partial charge in [0.25, 0.3) is 0 Å². The van der Waals surface area contributed by atoms with Gasteiger partial charge in [-0.1, -0.05) is 48.9 Å². The standard InChI is InChI=1S/C31H33NO3/c1-7-23-11-9-10-12-28(23)32-29(33)16-21(5)25-17-26-27(24-14-13-19(3)15-20(24)4)18-35-31(26)22(6)30(25)34-8-2/h9-18H,7-8H2,1-6H3,(H,32,33)/b21-16+. The van der Waals surface area contributed by atoms with Gasteiger partial charge in [-0.05, 0) is 75.4 Å². The van der Waals surface area contributed by atoms with Crippen LogP contribution in [0, 0.1) is 20.8 Å². The van der Waals surface area contributed by atoms with Crippen LogP contribution in [0.3, 0.4) is 0 Å². The molecule has 0 atom stereocenters. The minimum atomic E-state index is -0.162. The molecule has 0 saturated carbocycles. The van der Waals surface area contributed by atoms with Gasteiger partial charge in [-0.2, -0.15) is 0 Å². The summed E-state index contributed by atoms with van der Waals surface area (Å²) < 4.78 is 12.1. The quantitative estimate of drug-likeness (QED) is 0.280. The van der Waals surface area contributed by atoms with Gasteiger partial charge in [0, 0.05) is 33.8 Å². The number of ether oxygens (including phenoxy) is 1. The SMILES string of the molecule is CCOc1c(/C(C)=C/C(=O)Nc2ccccc2CC)cc2c(-c3ccc(C)cc3C)coc2c1C. The predicted molar refractivity (Wildman–Crippen MR) is 145 cm³/mol. The first-order valence-electron chi connectivity index (χ1n) is 12.2. The predicted octanol–water partition coefficient (Wildman–Crippen LogP) is 8.03. The van der Waals surface area contributed by atoms with E-state index >= 15 is 0 Å². The Morgan fingerprint density at radius 1 is 1.03 bits per heavy atom. The number of hydrogen-bond donors (Lipinski definition) is 1. The molecule has 0 aliphatic rings. The molecule has 1 heterocycles. The van der Waals surface area contributed by atoms with Crippen LogP contribution in [0.15, 0.2) is 65.3 Å². The number of hydrogen-bond acceptors (Lipinski definition) is 3. The lowest BCUT2D eigenvalue weighted by Gasteiger charge is -2.15. The summed E-state index contributed by atoms with van der Waals surface area (Å²) >= 11 is 0. The zero-order valence-electron chi connectivity index (χ0n) is 21.4. The van der Waals surface area contributed by atoms with Crippen molar-refractivity contribution in [1.82, 2.24) is 0 Å². The molecule has 0 fully saturated rings. The minimum absolute atomic E-state index is 0.162. The van der Waals surface area contributed by atoms with Gasteiger partial charge in [0.15, 0.2) is 0 Å². The zero-order chi connectivity index (χ0) is 25.1. The number of amides is 1. The number of carbonyl (C=O) groups excluding carboxylic acids is 1. The molecule has 4 rings (SSSR count). The van der Waals surface area contributed by atoms with E-state index in [9.17, 15) is 4.79 Å². The normalized spacial score (nSPS) is 11.7. The van der Waals surface area contributed by atoms with E-state index in [1.807, 2.05) is 51.3 Å². The number of para-hydroxylation sites is 1. The Labute approximate surface area is 207 Å². The Morgan fingerprint density at radius 2 is 1.80 bits per heavy atom. The fourth-order valence-corrected chi connectivity index (χ4v) is 4.66. The van der Waals surface area contributed by atoms with Crippen LogP contribution < -0.4 is 10.1 Å². The number of benzene rings is 3. The lowest BCUT2D eigenvalue weighted by molar-refractivity contribution is -0.111. The highest BCUT2D eigenvalue weighted by atomic mass is 16.5. The second-order valence-corrected chi connectivity index (χ2v) is 8.98. The molecule has 0 spiro atoms. The third-order valence-electron chi connectivity index (χ3n) is 6.43. The molecule has 4 nitrogen and oxygen atoms in total. The van der Waals surface area contributed by atoms with E-state index in [2.05, 4.69) is 50.4 Å². The highest BCUT2D eigenvalue weighted by Crippen LogP contribution is 2.41. The topological polar surface area (TPSA) is 51.5 Å². The van der Waals surface area contributed by atoms with Crippen molar-refractivity contribution in [3.05, 3.63) is 88.7 Å². The fourth-order valence-electron chi connectivity index (χ4n) is 4.66. The molecule has 1 N–H and O–H groups in total. The Hall–Kier alpha value is -3.79. The summed E-state index contributed by atoms with van der Waals surface area (Å²) in [5.41, 5.74) is 10.0. The van der Waals surface area contributed by atoms with Crippen LogP contribution in [-0.4, -0.2) is 12.5 Å². The number of furan rings is 1. The van der Waals surface area contributed by atoms with Crippen LogP contribution in [0.1, 0.15) is 48.6 Å². The fraction of sp³-hybridized carbons (Fsp3) is 0.258. The number of rotatable bonds is 7. The van der Waals surface area contributed by atoms with Crippen molar-refractivity contribution in [2.75, 3.05) is 11.9 Å². The first kappa shape index (κ1) is 24.3. The van der Waals surface area contributed by atoms with Crippen molar-refractivity contribution in [2.45, 2.75) is 48.0 Å². The molecule has 35 heavy (non-hydrogen) atoms. The van der Waals surface area contributed by atoms with Crippen LogP contribution in [0.2, 0.25) is 0 Å². The maximum absolute atomic E-state index is 13.0. The largest absolute Gasteiger partial charge is 0.493 e. The summed E-state index contributed by atoms with van der Waals surface area (Å²) in [6.07, 6.45) is 4.32. The summed E-state index contributed by atoms with van der Waals surface area (Å²) in [4.78, 5) is 13.0. The third-order valence-corrected chi connectivity index (χ3v) is 6.43. The molecule has 0 aliphatic heterocycles. The number of allylic oxidation sites excluding steroid dienone is 1. The van der Waals surface area contributed by atoms with Crippen LogP contribution in [-0.2, 0) is 11.2 Å². The Kier molecular flexibility index (Phi) is 7.11. The summed E-state index contributed by atoms with van der Waals surface area (Å²) in [7, 11) is 0. The molecule has 0 aliphatic carbocycles. The second kappa shape index (κ2) is 10.2. The van der Waals surface area contributed by atoms with E-state index in [1.54, 1.807) is 6.08 Å². The molecule has 0 radical (unpaired) electrons. The molecule has 180 valence electrons. The van der Waals surface area contributed by atoms with Gasteiger partial charge in [-0.3, -0.25) is 4.79 Å². The van der Waals surface area contributed by atoms with Gasteiger partial charge in [0.05, 0.1) is 12.9 Å². The van der Waals surface area contributed by atoms with Crippen molar-refractivity contribution in [3.63, 3.8) is 0 Å². The van der Waals surface area contributed by atoms with Gasteiger partial charge < -0.3 is 14.5 Å². The Bertz CT molecular complexity index is 1420. The van der Waals surface area contributed by atoms with Crippen molar-refractivity contribution in [1.29, 1.82) is 0 Å². The average Bonchev–Trinajstić information content (AvgIpc) is 3.25. The summed E-state index contributed by atoms with van der Waals surface area (Å²) in [6.45, 7) is 12.7. The van der Waals surface area contributed by atoms with Gasteiger partial charge in [-0.15, -0.1) is 0 Å². The van der Waals surface area contributed by atoms with Crippen molar-refractivity contribution >= 4 is 28.1 Å². The number of aryl methyl sites for hydroxylation is 4. The monoisotopic (exact) mass is 467 g/mol. The molecule has 4 heteroatoms. The molecule has 1 aromatic heterocycles. The van der Waals surface area contributed by atoms with Crippen LogP contribution in [0.5, 0.6) is 5.75 Å². The molecular weight excluding hydrogens is 434 g/mol. The zero-order valence-corrected chi connectivity index (χ0v) is 21.4. The van der Waals surface area contributed by atoms with E-state index in [4.69, 9.17) is 9.15 Å². The van der Waals surface area contributed by atoms with E-state index in [0.717, 1.165) is 62.2 Å². The van der Waals surface area contributed by atoms with Crippen LogP contribution in [0.4, 0.5) is 5.69 Å². The molecular formula is C31H33NO3. The molecule has 0 unspecified atom stereocenters. The smallest absolute Gasteiger partial charge is 0.248 e. The van der Waals surface area contributed by atoms with Crippen molar-refractivity contribution < 1.29 is 13.9 Å². The first-order chi connectivity index (χ1) is 16.8. The Balaban J connectivity index is 1.80. The molecule has 3 aromatic carbocycles. The molecule has 4 aromatic rings. The van der Waals surface area contributed by atoms with Crippen LogP contribution in [0.25, 0.3) is 27.7 Å². The van der Waals surface area contributed by atoms with Crippen molar-refractivity contribution in [3.8, 4) is 16.9 Å². The van der Waals surface area contributed by atoms with E-state index < -0.39 is 0 Å². The number of anilines is 1. The number of fused-ring (bicyclic) bond motifs is 1. The van der Waals surface area contributed by atoms with Gasteiger partial charge >= 0.3 is 0 Å². The highest BCUT2D eigenvalue weighted by Gasteiger charge is 2.20. The van der Waals surface area contributed by atoms with Gasteiger partial charge in [-0.25, -0.2) is 0 Å². The highest BCUT2D eigenvalue weighted by molar-refractivity contribution is 6.06. The van der Waals surface area contributed by atoms with E-state index in [-0.39, 0.29) is 5.91 Å². The maximum atomic E-state index is 13.0. The van der Waals surface area contributed by atoms with E-state index in [1.165, 1.54) is 11.1 Å². The molecule has 0 bridgehead atoms. The average molecular weight is 468 g/mol. The number of carbonyl (C=O) groups is 1. The molecule has 1 amide bonds. The van der Waals surface area contributed by atoms with Crippen LogP contribution >= 0.6 is 0 Å². The molecule has 0 saturated heterocycles. The maximum Gasteiger partial charge on any atom is 0.248 e. The summed E-state index contributed by atoms with van der Waals surface area (Å²) in [5, 5.41) is 4.05. The number of nitrogens with one attached hydrogen (secondary N) is 1.